The van der Waals surface area contributed by atoms with Gasteiger partial charge >= 0.3 is 55.4 Å². The Morgan fingerprint density at radius 3 is 0.795 bits per heavy atom. The fraction of sp³-hybridized carbons (Fsp3) is 0.208. The minimum atomic E-state index is -6.13. The van der Waals surface area contributed by atoms with Gasteiger partial charge < -0.3 is 5.11 Å². The molecule has 0 spiro atoms. The molecule has 0 aliphatic rings. The second kappa shape index (κ2) is 21.3. The molecule has 0 fully saturated rings. The van der Waals surface area contributed by atoms with Gasteiger partial charge in [-0.25, -0.2) is 0 Å². The van der Waals surface area contributed by atoms with Crippen molar-refractivity contribution in [1.82, 2.24) is 0 Å². The molecule has 78 heavy (non-hydrogen) atoms. The van der Waals surface area contributed by atoms with Crippen LogP contribution < -0.4 is 26.4 Å². The van der Waals surface area contributed by atoms with Crippen molar-refractivity contribution in [3.8, 4) is 0 Å². The van der Waals surface area contributed by atoms with Gasteiger partial charge in [0.2, 0.25) is 12.3 Å². The Morgan fingerprint density at radius 2 is 0.577 bits per heavy atom. The van der Waals surface area contributed by atoms with Crippen LogP contribution in [0.3, 0.4) is 0 Å². The highest BCUT2D eigenvalue weighted by Crippen LogP contribution is 2.41. The SMILES string of the molecule is FC(F)(F)c1cc([B-](c2cc(C(F)(F)F)cc(C(F)(F)F)c2)(c2cc(C(F)(F)F)cc(C(F)(F)F)c2)c2cc(C(F)(F)F)cc(C(F)(F)F)c2)cc(C(F)(F)F)c1.O=C(O)CC(=O)c1cc[n+](CC(=O)c2ccccc2)cc1. The summed E-state index contributed by atoms with van der Waals surface area (Å²) in [7, 11) is 0. The van der Waals surface area contributed by atoms with Gasteiger partial charge in [-0.1, -0.05) is 78.9 Å². The van der Waals surface area contributed by atoms with Crippen molar-refractivity contribution in [3.63, 3.8) is 0 Å². The predicted octanol–water partition coefficient (Wildman–Crippen LogP) is 12.7. The first kappa shape index (κ1) is 61.3. The van der Waals surface area contributed by atoms with Crippen LogP contribution in [0.1, 0.15) is 71.6 Å². The van der Waals surface area contributed by atoms with E-state index in [4.69, 9.17) is 5.11 Å². The molecule has 0 aliphatic carbocycles. The molecule has 0 unspecified atom stereocenters. The Hall–Kier alpha value is -7.56. The fourth-order valence-corrected chi connectivity index (χ4v) is 7.94. The van der Waals surface area contributed by atoms with Crippen LogP contribution in [0.15, 0.2) is 128 Å². The van der Waals surface area contributed by atoms with Gasteiger partial charge in [0.25, 0.3) is 0 Å². The number of nitrogens with zero attached hydrogens (tertiary/aromatic N) is 1. The first-order valence-corrected chi connectivity index (χ1v) is 21.0. The van der Waals surface area contributed by atoms with Gasteiger partial charge in [-0.05, 0) is 24.3 Å². The summed E-state index contributed by atoms with van der Waals surface area (Å²) in [6, 6.07) is 3.15. The summed E-state index contributed by atoms with van der Waals surface area (Å²) in [4.78, 5) is 34.0. The summed E-state index contributed by atoms with van der Waals surface area (Å²) < 4.78 is 342. The molecule has 0 radical (unpaired) electrons. The number of aromatic nitrogens is 1. The molecule has 1 N–H and O–H groups in total. The van der Waals surface area contributed by atoms with Crippen LogP contribution in [0.5, 0.6) is 0 Å². The predicted molar refractivity (Wildman–Crippen MR) is 224 cm³/mol. The lowest BCUT2D eigenvalue weighted by Gasteiger charge is -2.46. The molecule has 0 atom stereocenters. The van der Waals surface area contributed by atoms with E-state index in [0.717, 1.165) is 0 Å². The molecule has 0 bridgehead atoms. The van der Waals surface area contributed by atoms with Crippen LogP contribution in [0.2, 0.25) is 0 Å². The molecule has 30 heteroatoms. The highest BCUT2D eigenvalue weighted by molar-refractivity contribution is 7.20. The van der Waals surface area contributed by atoms with Crippen molar-refractivity contribution in [2.45, 2.75) is 62.4 Å². The van der Waals surface area contributed by atoms with Crippen molar-refractivity contribution in [3.05, 3.63) is 183 Å². The minimum Gasteiger partial charge on any atom is -0.481 e. The third-order valence-electron chi connectivity index (χ3n) is 11.4. The number of benzene rings is 5. The summed E-state index contributed by atoms with van der Waals surface area (Å²) in [5, 5.41) is 8.57. The van der Waals surface area contributed by atoms with Gasteiger partial charge in [-0.15, -0.1) is 0 Å². The molecule has 1 heterocycles. The van der Waals surface area contributed by atoms with E-state index >= 15 is 0 Å². The lowest BCUT2D eigenvalue weighted by atomic mass is 9.12. The summed E-state index contributed by atoms with van der Waals surface area (Å²) in [5.41, 5.74) is -29.3. The van der Waals surface area contributed by atoms with Gasteiger partial charge in [0.15, 0.2) is 18.2 Å². The van der Waals surface area contributed by atoms with Crippen molar-refractivity contribution >= 4 is 45.5 Å². The van der Waals surface area contributed by atoms with Crippen molar-refractivity contribution in [1.29, 1.82) is 0 Å². The quantitative estimate of drug-likeness (QED) is 0.0488. The first-order chi connectivity index (χ1) is 35.3. The van der Waals surface area contributed by atoms with Gasteiger partial charge in [0.1, 0.15) is 12.6 Å². The number of aliphatic carboxylic acids is 1. The summed E-state index contributed by atoms with van der Waals surface area (Å²) in [6.45, 7) is 0.164. The number of carbonyl (C=O) groups excluding carboxylic acids is 2. The second-order valence-corrected chi connectivity index (χ2v) is 16.8. The topological polar surface area (TPSA) is 75.3 Å². The second-order valence-electron chi connectivity index (χ2n) is 16.8. The Kier molecular flexibility index (Phi) is 16.8. The van der Waals surface area contributed by atoms with Crippen LogP contribution in [-0.2, 0) is 60.7 Å². The molecular weight excluding hydrogens is 1120 g/mol. The zero-order valence-electron chi connectivity index (χ0n) is 37.8. The number of hydrogen-bond donors (Lipinski definition) is 1. The van der Waals surface area contributed by atoms with Gasteiger partial charge in [0.05, 0.1) is 44.5 Å². The van der Waals surface area contributed by atoms with Crippen molar-refractivity contribution < 1.29 is 129 Å². The lowest BCUT2D eigenvalue weighted by Crippen LogP contribution is -2.75. The maximum atomic E-state index is 14.2. The number of carboxylic acid groups (broad SMARTS) is 1. The molecule has 5 nitrogen and oxygen atoms in total. The number of alkyl halides is 24. The average Bonchev–Trinajstić information content (AvgIpc) is 3.30. The molecule has 0 saturated carbocycles. The fourth-order valence-electron chi connectivity index (χ4n) is 7.94. The van der Waals surface area contributed by atoms with Crippen LogP contribution >= 0.6 is 0 Å². The van der Waals surface area contributed by atoms with E-state index in [-0.39, 0.29) is 12.3 Å². The number of carboxylic acids is 1. The average molecular weight is 1150 g/mol. The Morgan fingerprint density at radius 1 is 0.346 bits per heavy atom. The highest BCUT2D eigenvalue weighted by Gasteiger charge is 2.47. The van der Waals surface area contributed by atoms with Crippen molar-refractivity contribution in [2.75, 3.05) is 0 Å². The largest absolute Gasteiger partial charge is 0.481 e. The van der Waals surface area contributed by atoms with E-state index in [1.807, 2.05) is 6.07 Å². The minimum absolute atomic E-state index is 0.0368. The maximum absolute atomic E-state index is 14.2. The molecule has 0 aliphatic heterocycles. The Bertz CT molecular complexity index is 2750. The zero-order valence-corrected chi connectivity index (χ0v) is 37.8. The standard InChI is InChI=1S/C32H12BF24.C16H13NO4/c34-25(35,36)13-1-14(26(37,38)39)6-21(5-13)33(22-7-15(27(40,41)42)2-16(8-22)28(43,44)45,23-9-17(29(46,47)48)3-18(10-23)30(49,50)51)24-11-19(31(52,53)54)4-20(12-24)32(55,56)57;18-14(10-16(20)21)13-6-8-17(9-7-13)11-15(19)12-4-2-1-3-5-12/h1-12H;1-9H,10-11H2/q-1;/p+1. The summed E-state index contributed by atoms with van der Waals surface area (Å²) in [6.07, 6.45) is -52.2. The summed E-state index contributed by atoms with van der Waals surface area (Å²) >= 11 is 0. The van der Waals surface area contributed by atoms with E-state index in [1.165, 1.54) is 12.1 Å². The zero-order chi connectivity index (χ0) is 59.2. The molecule has 0 amide bonds. The number of ketones is 2. The Labute approximate surface area is 420 Å². The maximum Gasteiger partial charge on any atom is 0.416 e. The monoisotopic (exact) mass is 1150 g/mol. The molecular formula is C48H26BF24NO4. The summed E-state index contributed by atoms with van der Waals surface area (Å²) in [5.74, 6) is -1.65. The molecule has 6 rings (SSSR count). The van der Waals surface area contributed by atoms with Gasteiger partial charge in [-0.2, -0.15) is 132 Å². The van der Waals surface area contributed by atoms with Crippen LogP contribution in [0, 0.1) is 0 Å². The molecule has 1 aromatic heterocycles. The third-order valence-corrected chi connectivity index (χ3v) is 11.4. The number of pyridine rings is 1. The van der Waals surface area contributed by atoms with Crippen molar-refractivity contribution in [2.24, 2.45) is 0 Å². The molecule has 418 valence electrons. The van der Waals surface area contributed by atoms with E-state index in [2.05, 4.69) is 0 Å². The van der Waals surface area contributed by atoms with E-state index in [9.17, 15) is 120 Å². The number of halogens is 24. The van der Waals surface area contributed by atoms with E-state index < -0.39 is 213 Å². The van der Waals surface area contributed by atoms with Crippen LogP contribution in [-0.4, -0.2) is 28.8 Å². The molecule has 5 aromatic carbocycles. The number of Topliss-reactive ketones (excluding diaryl/α,β-unsaturated/α-hetero) is 2. The normalized spacial score (nSPS) is 13.2. The number of hydrogen-bond acceptors (Lipinski definition) is 3. The van der Waals surface area contributed by atoms with Crippen LogP contribution in [0.25, 0.3) is 0 Å². The third kappa shape index (κ3) is 14.5. The molecule has 6 aromatic rings. The van der Waals surface area contributed by atoms with Gasteiger partial charge in [-0.3, -0.25) is 14.4 Å². The van der Waals surface area contributed by atoms with Gasteiger partial charge in [0, 0.05) is 23.3 Å². The number of rotatable bonds is 10. The smallest absolute Gasteiger partial charge is 0.416 e. The van der Waals surface area contributed by atoms with E-state index in [1.54, 1.807) is 41.2 Å². The number of carbonyl (C=O) groups is 3. The highest BCUT2D eigenvalue weighted by atomic mass is 19.4. The Balaban J connectivity index is 0.000000443. The lowest BCUT2D eigenvalue weighted by molar-refractivity contribution is -0.683. The van der Waals surface area contributed by atoms with Crippen LogP contribution in [0.4, 0.5) is 105 Å². The first-order valence-electron chi connectivity index (χ1n) is 21.0. The molecule has 0 saturated heterocycles. The van der Waals surface area contributed by atoms with E-state index in [0.29, 0.717) is 11.1 Å².